The van der Waals surface area contributed by atoms with Gasteiger partial charge in [-0.2, -0.15) is 14.9 Å². The molecule has 0 spiro atoms. The predicted molar refractivity (Wildman–Crippen MR) is 93.3 cm³/mol. The van der Waals surface area contributed by atoms with Crippen molar-refractivity contribution in [3.05, 3.63) is 33.0 Å². The number of hydrogen-bond donors (Lipinski definition) is 1. The van der Waals surface area contributed by atoms with Crippen LogP contribution >= 0.6 is 35.4 Å². The Kier molecular flexibility index (Phi) is 4.96. The number of hydrogen-bond acceptors (Lipinski definition) is 3. The van der Waals surface area contributed by atoms with Crippen LogP contribution in [0, 0.1) is 10.7 Å². The zero-order valence-electron chi connectivity index (χ0n) is 11.9. The molecule has 1 heterocycles. The molecule has 0 atom stereocenters. The third kappa shape index (κ3) is 3.42. The Morgan fingerprint density at radius 1 is 1.27 bits per heavy atom. The third-order valence-corrected chi connectivity index (χ3v) is 4.68. The van der Waals surface area contributed by atoms with Gasteiger partial charge in [-0.1, -0.05) is 42.5 Å². The van der Waals surface area contributed by atoms with Crippen molar-refractivity contribution in [3.63, 3.8) is 0 Å². The average molecular weight is 355 g/mol. The Hall–Kier alpha value is -1.17. The van der Waals surface area contributed by atoms with Gasteiger partial charge in [0, 0.05) is 16.8 Å². The molecular formula is C15H16Cl2N4S. The van der Waals surface area contributed by atoms with Crippen molar-refractivity contribution in [2.45, 2.75) is 32.1 Å². The summed E-state index contributed by atoms with van der Waals surface area (Å²) in [6, 6.07) is 5.28. The summed E-state index contributed by atoms with van der Waals surface area (Å²) in [6.07, 6.45) is 8.21. The Balaban J connectivity index is 1.93. The number of H-pyrrole nitrogens is 1. The second kappa shape index (κ2) is 6.94. The lowest BCUT2D eigenvalue weighted by Crippen LogP contribution is -2.08. The highest BCUT2D eigenvalue weighted by molar-refractivity contribution is 7.71. The Morgan fingerprint density at radius 3 is 2.77 bits per heavy atom. The van der Waals surface area contributed by atoms with Gasteiger partial charge in [0.25, 0.3) is 0 Å². The average Bonchev–Trinajstić information content (AvgIpc) is 2.87. The fraction of sp³-hybridized carbons (Fsp3) is 0.400. The molecule has 3 rings (SSSR count). The van der Waals surface area contributed by atoms with Crippen molar-refractivity contribution in [2.75, 3.05) is 0 Å². The van der Waals surface area contributed by atoms with E-state index in [2.05, 4.69) is 15.3 Å². The van der Waals surface area contributed by atoms with Crippen LogP contribution in [-0.4, -0.2) is 21.1 Å². The number of aromatic nitrogens is 3. The molecule has 1 aliphatic rings. The number of aromatic amines is 1. The van der Waals surface area contributed by atoms with Gasteiger partial charge < -0.3 is 0 Å². The van der Waals surface area contributed by atoms with Crippen LogP contribution in [-0.2, 0) is 0 Å². The van der Waals surface area contributed by atoms with Crippen molar-refractivity contribution in [1.29, 1.82) is 0 Å². The minimum atomic E-state index is 0.452. The van der Waals surface area contributed by atoms with Crippen molar-refractivity contribution >= 4 is 41.6 Å². The van der Waals surface area contributed by atoms with Gasteiger partial charge in [-0.05, 0) is 49.2 Å². The number of rotatable bonds is 3. The van der Waals surface area contributed by atoms with Crippen molar-refractivity contribution in [1.82, 2.24) is 14.9 Å². The summed E-state index contributed by atoms with van der Waals surface area (Å²) in [5, 5.41) is 12.7. The Bertz CT molecular complexity index is 744. The molecule has 0 amide bonds. The molecule has 0 unspecified atom stereocenters. The van der Waals surface area contributed by atoms with Gasteiger partial charge in [-0.3, -0.25) is 0 Å². The highest BCUT2D eigenvalue weighted by Gasteiger charge is 2.14. The minimum absolute atomic E-state index is 0.452. The van der Waals surface area contributed by atoms with Gasteiger partial charge in [-0.25, -0.2) is 5.10 Å². The number of halogens is 2. The molecule has 1 fully saturated rings. The molecule has 1 saturated carbocycles. The summed E-state index contributed by atoms with van der Waals surface area (Å²) in [5.74, 6) is 1.11. The standard InChI is InChI=1S/C15H16Cl2N4S/c16-11-6-7-12(13(17)8-11)14-19-20-15(22)21(14)18-9-10-4-2-1-3-5-10/h6-10H,1-5H2,(H,20,22)/b18-9-. The molecule has 0 radical (unpaired) electrons. The minimum Gasteiger partial charge on any atom is -0.250 e. The molecule has 1 aromatic carbocycles. The van der Waals surface area contributed by atoms with Gasteiger partial charge in [0.15, 0.2) is 5.82 Å². The Labute approximate surface area is 144 Å². The van der Waals surface area contributed by atoms with E-state index in [1.807, 2.05) is 12.3 Å². The van der Waals surface area contributed by atoms with E-state index >= 15 is 0 Å². The van der Waals surface area contributed by atoms with Crippen LogP contribution in [0.5, 0.6) is 0 Å². The van der Waals surface area contributed by atoms with E-state index < -0.39 is 0 Å². The maximum Gasteiger partial charge on any atom is 0.216 e. The SMILES string of the molecule is S=c1[nH]nc(-c2ccc(Cl)cc2Cl)n1/N=C\C1CCCCC1. The van der Waals surface area contributed by atoms with E-state index in [0.29, 0.717) is 26.6 Å². The van der Waals surface area contributed by atoms with E-state index in [9.17, 15) is 0 Å². The van der Waals surface area contributed by atoms with Gasteiger partial charge in [0.2, 0.25) is 4.77 Å². The molecule has 0 saturated heterocycles. The quantitative estimate of drug-likeness (QED) is 0.598. The summed E-state index contributed by atoms with van der Waals surface area (Å²) >= 11 is 17.5. The number of benzene rings is 1. The highest BCUT2D eigenvalue weighted by atomic mass is 35.5. The van der Waals surface area contributed by atoms with E-state index in [-0.39, 0.29) is 0 Å². The topological polar surface area (TPSA) is 46.0 Å². The normalized spacial score (nSPS) is 16.5. The van der Waals surface area contributed by atoms with E-state index in [0.717, 1.165) is 5.56 Å². The van der Waals surface area contributed by atoms with Crippen LogP contribution in [0.15, 0.2) is 23.3 Å². The summed E-state index contributed by atoms with van der Waals surface area (Å²) in [5.41, 5.74) is 0.749. The van der Waals surface area contributed by atoms with Gasteiger partial charge in [-0.15, -0.1) is 0 Å². The summed E-state index contributed by atoms with van der Waals surface area (Å²) in [7, 11) is 0. The van der Waals surface area contributed by atoms with Crippen molar-refractivity contribution in [3.8, 4) is 11.4 Å². The zero-order valence-corrected chi connectivity index (χ0v) is 14.3. The first-order valence-corrected chi connectivity index (χ1v) is 8.49. The first-order chi connectivity index (χ1) is 10.6. The molecule has 7 heteroatoms. The summed E-state index contributed by atoms with van der Waals surface area (Å²) < 4.78 is 2.08. The lowest BCUT2D eigenvalue weighted by molar-refractivity contribution is 0.443. The van der Waals surface area contributed by atoms with E-state index in [4.69, 9.17) is 35.4 Å². The largest absolute Gasteiger partial charge is 0.250 e. The van der Waals surface area contributed by atoms with Crippen molar-refractivity contribution < 1.29 is 0 Å². The maximum absolute atomic E-state index is 6.26. The molecule has 22 heavy (non-hydrogen) atoms. The fourth-order valence-electron chi connectivity index (χ4n) is 2.69. The zero-order chi connectivity index (χ0) is 15.5. The number of nitrogens with zero attached hydrogens (tertiary/aromatic N) is 3. The van der Waals surface area contributed by atoms with E-state index in [1.165, 1.54) is 32.1 Å². The summed E-state index contributed by atoms with van der Waals surface area (Å²) in [4.78, 5) is 0. The molecule has 2 aromatic rings. The molecule has 0 aliphatic heterocycles. The first-order valence-electron chi connectivity index (χ1n) is 7.32. The molecule has 1 aliphatic carbocycles. The predicted octanol–water partition coefficient (Wildman–Crippen LogP) is 5.33. The Morgan fingerprint density at radius 2 is 2.05 bits per heavy atom. The van der Waals surface area contributed by atoms with Gasteiger partial charge in [0.05, 0.1) is 5.02 Å². The molecule has 1 N–H and O–H groups in total. The molecule has 116 valence electrons. The van der Waals surface area contributed by atoms with E-state index in [1.54, 1.807) is 16.8 Å². The van der Waals surface area contributed by atoms with Crippen LogP contribution in [0.1, 0.15) is 32.1 Å². The van der Waals surface area contributed by atoms with Crippen molar-refractivity contribution in [2.24, 2.45) is 11.0 Å². The molecule has 0 bridgehead atoms. The second-order valence-corrected chi connectivity index (χ2v) is 6.68. The van der Waals surface area contributed by atoms with Gasteiger partial charge >= 0.3 is 0 Å². The van der Waals surface area contributed by atoms with Crippen LogP contribution in [0.2, 0.25) is 10.0 Å². The molecule has 1 aromatic heterocycles. The fourth-order valence-corrected chi connectivity index (χ4v) is 3.36. The lowest BCUT2D eigenvalue weighted by Gasteiger charge is -2.16. The lowest BCUT2D eigenvalue weighted by atomic mass is 9.90. The molecule has 4 nitrogen and oxygen atoms in total. The maximum atomic E-state index is 6.26. The monoisotopic (exact) mass is 354 g/mol. The van der Waals surface area contributed by atoms with Gasteiger partial charge in [0.1, 0.15) is 0 Å². The molecular weight excluding hydrogens is 339 g/mol. The third-order valence-electron chi connectivity index (χ3n) is 3.87. The number of nitrogens with one attached hydrogen (secondary N) is 1. The van der Waals surface area contributed by atoms with Crippen LogP contribution < -0.4 is 0 Å². The summed E-state index contributed by atoms with van der Waals surface area (Å²) in [6.45, 7) is 0. The van der Waals surface area contributed by atoms with Crippen LogP contribution in [0.4, 0.5) is 0 Å². The van der Waals surface area contributed by atoms with Crippen LogP contribution in [0.25, 0.3) is 11.4 Å². The highest BCUT2D eigenvalue weighted by Crippen LogP contribution is 2.29. The van der Waals surface area contributed by atoms with Crippen LogP contribution in [0.3, 0.4) is 0 Å². The smallest absolute Gasteiger partial charge is 0.216 e. The second-order valence-electron chi connectivity index (χ2n) is 5.45. The first kappa shape index (κ1) is 15.7.